The highest BCUT2D eigenvalue weighted by molar-refractivity contribution is 5.37. The molecule has 0 rings (SSSR count). The van der Waals surface area contributed by atoms with Crippen LogP contribution in [0.5, 0.6) is 0 Å². The molecule has 0 saturated carbocycles. The highest BCUT2D eigenvalue weighted by Gasteiger charge is 1.88. The third kappa shape index (κ3) is 2.97. The number of hydrogen-bond donors (Lipinski definition) is 0. The highest BCUT2D eigenvalue weighted by Crippen LogP contribution is 1.83. The summed E-state index contributed by atoms with van der Waals surface area (Å²) in [5.41, 5.74) is 0. The van der Waals surface area contributed by atoms with Gasteiger partial charge in [-0.15, -0.1) is 0 Å². The van der Waals surface area contributed by atoms with Crippen LogP contribution in [0.25, 0.3) is 0 Å². The minimum Gasteiger partial charge on any atom is -0.211 e. The van der Waals surface area contributed by atoms with Crippen LogP contribution >= 0.6 is 0 Å². The second kappa shape index (κ2) is 3.93. The summed E-state index contributed by atoms with van der Waals surface area (Å²) in [5, 5.41) is 0. The SMILES string of the molecule is [CH2]C(N=C=O)N=C=O. The molecule has 0 unspecified atom stereocenters. The molecule has 0 aliphatic heterocycles. The van der Waals surface area contributed by atoms with Gasteiger partial charge in [0.2, 0.25) is 12.2 Å². The first-order valence-electron chi connectivity index (χ1n) is 1.78. The molecule has 1 radical (unpaired) electrons. The molecule has 41 valence electrons. The maximum atomic E-state index is 9.37. The van der Waals surface area contributed by atoms with Gasteiger partial charge >= 0.3 is 0 Å². The molecule has 0 fully saturated rings. The Hall–Kier alpha value is -1.24. The first kappa shape index (κ1) is 6.76. The van der Waals surface area contributed by atoms with Gasteiger partial charge < -0.3 is 0 Å². The van der Waals surface area contributed by atoms with E-state index in [0.29, 0.717) is 0 Å². The standard InChI is InChI=1S/C4H3N2O2/c1-4(5-2-7)6-3-8/h4H,1H2. The number of carbonyl (C=O) groups excluding carboxylic acids is 2. The Balaban J connectivity index is 3.82. The van der Waals surface area contributed by atoms with Gasteiger partial charge in [-0.2, -0.15) is 9.98 Å². The average molecular weight is 111 g/mol. The molecule has 0 atom stereocenters. The largest absolute Gasteiger partial charge is 0.237 e. The summed E-state index contributed by atoms with van der Waals surface area (Å²) in [7, 11) is 0. The summed E-state index contributed by atoms with van der Waals surface area (Å²) in [6.07, 6.45) is 1.50. The van der Waals surface area contributed by atoms with Gasteiger partial charge in [-0.05, 0) is 6.92 Å². The summed E-state index contributed by atoms with van der Waals surface area (Å²) in [6, 6.07) is 0. The van der Waals surface area contributed by atoms with Crippen LogP contribution in [0.15, 0.2) is 9.98 Å². The zero-order valence-corrected chi connectivity index (χ0v) is 4.00. The molecule has 0 aromatic rings. The highest BCUT2D eigenvalue weighted by atomic mass is 16.1. The molecule has 0 aliphatic rings. The predicted molar refractivity (Wildman–Crippen MR) is 25.4 cm³/mol. The van der Waals surface area contributed by atoms with Crippen molar-refractivity contribution >= 4 is 12.2 Å². The van der Waals surface area contributed by atoms with E-state index in [9.17, 15) is 9.59 Å². The Bertz CT molecular complexity index is 135. The van der Waals surface area contributed by atoms with E-state index in [1.807, 2.05) is 0 Å². The Morgan fingerprint density at radius 1 is 1.25 bits per heavy atom. The molecule has 0 aromatic heterocycles. The van der Waals surface area contributed by atoms with E-state index < -0.39 is 6.17 Å². The monoisotopic (exact) mass is 111 g/mol. The lowest BCUT2D eigenvalue weighted by atomic mass is 10.6. The first-order chi connectivity index (χ1) is 3.81. The molecule has 0 spiro atoms. The summed E-state index contributed by atoms with van der Waals surface area (Å²) in [4.78, 5) is 24.7. The fourth-order valence-electron chi connectivity index (χ4n) is 0.151. The van der Waals surface area contributed by atoms with Crippen molar-refractivity contribution in [2.24, 2.45) is 9.98 Å². The molecular formula is C4H3N2O2. The molecule has 8 heavy (non-hydrogen) atoms. The van der Waals surface area contributed by atoms with Crippen LogP contribution in [0.4, 0.5) is 0 Å². The van der Waals surface area contributed by atoms with E-state index in [1.54, 1.807) is 0 Å². The summed E-state index contributed by atoms with van der Waals surface area (Å²) < 4.78 is 0. The van der Waals surface area contributed by atoms with E-state index in [4.69, 9.17) is 0 Å². The minimum atomic E-state index is -0.884. The van der Waals surface area contributed by atoms with E-state index in [0.717, 1.165) is 0 Å². The van der Waals surface area contributed by atoms with Gasteiger partial charge in [0.05, 0.1) is 0 Å². The van der Waals surface area contributed by atoms with Crippen LogP contribution in [0, 0.1) is 6.92 Å². The number of rotatable bonds is 2. The lowest BCUT2D eigenvalue weighted by Crippen LogP contribution is -1.89. The predicted octanol–water partition coefficient (Wildman–Crippen LogP) is -0.182. The van der Waals surface area contributed by atoms with Crippen LogP contribution in [-0.2, 0) is 9.59 Å². The van der Waals surface area contributed by atoms with Crippen molar-refractivity contribution in [2.75, 3.05) is 0 Å². The first-order valence-corrected chi connectivity index (χ1v) is 1.78. The van der Waals surface area contributed by atoms with Crippen molar-refractivity contribution in [3.05, 3.63) is 6.92 Å². The van der Waals surface area contributed by atoms with Gasteiger partial charge in [-0.3, -0.25) is 0 Å². The van der Waals surface area contributed by atoms with Gasteiger partial charge in [0.25, 0.3) is 0 Å². The molecule has 0 aliphatic carbocycles. The van der Waals surface area contributed by atoms with Gasteiger partial charge in [0.15, 0.2) is 6.17 Å². The van der Waals surface area contributed by atoms with Crippen molar-refractivity contribution < 1.29 is 9.59 Å². The van der Waals surface area contributed by atoms with Crippen molar-refractivity contribution in [2.45, 2.75) is 6.17 Å². The van der Waals surface area contributed by atoms with Crippen LogP contribution in [0.3, 0.4) is 0 Å². The molecule has 0 N–H and O–H groups in total. The fraction of sp³-hybridized carbons (Fsp3) is 0.250. The summed E-state index contributed by atoms with van der Waals surface area (Å²) in [6.45, 7) is 3.16. The average Bonchev–Trinajstić information content (AvgIpc) is 1.68. The van der Waals surface area contributed by atoms with Gasteiger partial charge in [0.1, 0.15) is 0 Å². The molecule has 0 heterocycles. The lowest BCUT2D eigenvalue weighted by Gasteiger charge is -1.83. The molecule has 0 saturated heterocycles. The Morgan fingerprint density at radius 2 is 1.62 bits per heavy atom. The van der Waals surface area contributed by atoms with E-state index in [-0.39, 0.29) is 0 Å². The summed E-state index contributed by atoms with van der Waals surface area (Å²) in [5.74, 6) is 0. The molecule has 4 nitrogen and oxygen atoms in total. The van der Waals surface area contributed by atoms with Gasteiger partial charge in [0, 0.05) is 0 Å². The second-order valence-electron chi connectivity index (χ2n) is 0.921. The fourth-order valence-corrected chi connectivity index (χ4v) is 0.151. The van der Waals surface area contributed by atoms with E-state index >= 15 is 0 Å². The molecule has 0 bridgehead atoms. The maximum Gasteiger partial charge on any atom is 0.237 e. The number of aliphatic imine (C=N–C) groups is 2. The smallest absolute Gasteiger partial charge is 0.211 e. The van der Waals surface area contributed by atoms with E-state index in [2.05, 4.69) is 16.9 Å². The molecule has 0 aromatic carbocycles. The van der Waals surface area contributed by atoms with Crippen molar-refractivity contribution in [3.63, 3.8) is 0 Å². The van der Waals surface area contributed by atoms with Gasteiger partial charge in [-0.25, -0.2) is 9.59 Å². The number of nitrogens with zero attached hydrogens (tertiary/aromatic N) is 2. The Morgan fingerprint density at radius 3 is 1.88 bits per heavy atom. The van der Waals surface area contributed by atoms with Crippen LogP contribution in [0.1, 0.15) is 0 Å². The summed E-state index contributed by atoms with van der Waals surface area (Å²) >= 11 is 0. The number of isocyanates is 2. The van der Waals surface area contributed by atoms with Gasteiger partial charge in [-0.1, -0.05) is 0 Å². The normalized spacial score (nSPS) is 10.6. The third-order valence-electron chi connectivity index (χ3n) is 0.403. The van der Waals surface area contributed by atoms with Crippen LogP contribution in [-0.4, -0.2) is 18.3 Å². The maximum absolute atomic E-state index is 9.37. The van der Waals surface area contributed by atoms with Crippen LogP contribution < -0.4 is 0 Å². The second-order valence-corrected chi connectivity index (χ2v) is 0.921. The van der Waals surface area contributed by atoms with Crippen molar-refractivity contribution in [1.82, 2.24) is 0 Å². The van der Waals surface area contributed by atoms with Crippen molar-refractivity contribution in [1.29, 1.82) is 0 Å². The Labute approximate surface area is 45.9 Å². The lowest BCUT2D eigenvalue weighted by molar-refractivity contribution is 0.556. The van der Waals surface area contributed by atoms with E-state index in [1.165, 1.54) is 12.2 Å². The molecule has 0 amide bonds. The number of hydrogen-bond acceptors (Lipinski definition) is 4. The third-order valence-corrected chi connectivity index (χ3v) is 0.403. The topological polar surface area (TPSA) is 58.9 Å². The zero-order valence-electron chi connectivity index (χ0n) is 4.00. The minimum absolute atomic E-state index is 0.884. The van der Waals surface area contributed by atoms with Crippen molar-refractivity contribution in [3.8, 4) is 0 Å². The molecule has 4 heteroatoms. The Kier molecular flexibility index (Phi) is 3.32. The zero-order chi connectivity index (χ0) is 6.41. The quantitative estimate of drug-likeness (QED) is 0.366. The van der Waals surface area contributed by atoms with Crippen LogP contribution in [0.2, 0.25) is 0 Å². The molecular weight excluding hydrogens is 108 g/mol.